The molecule has 3 atom stereocenters. The molecule has 0 heteroatoms. The maximum atomic E-state index is 2.50. The first-order valence-corrected chi connectivity index (χ1v) is 5.65. The third kappa shape index (κ3) is 1.53. The molecular formula is C12H24. The predicted octanol–water partition coefficient (Wildman–Crippen LogP) is 4.25. The third-order valence-corrected chi connectivity index (χ3v) is 4.34. The van der Waals surface area contributed by atoms with Crippen molar-refractivity contribution in [1.82, 2.24) is 0 Å². The maximum absolute atomic E-state index is 2.50. The first-order valence-electron chi connectivity index (χ1n) is 5.65. The Morgan fingerprint density at radius 3 is 2.42 bits per heavy atom. The monoisotopic (exact) mass is 168 g/mol. The molecule has 0 saturated heterocycles. The van der Waals surface area contributed by atoms with Crippen LogP contribution in [0.5, 0.6) is 0 Å². The highest BCUT2D eigenvalue weighted by Gasteiger charge is 2.44. The Labute approximate surface area is 77.7 Å². The van der Waals surface area contributed by atoms with Gasteiger partial charge in [0, 0.05) is 0 Å². The summed E-state index contributed by atoms with van der Waals surface area (Å²) in [6.45, 7) is 9.58. The molecule has 72 valence electrons. The molecule has 0 radical (unpaired) electrons. The van der Waals surface area contributed by atoms with Crippen molar-refractivity contribution in [2.24, 2.45) is 17.3 Å². The van der Waals surface area contributed by atoms with Crippen LogP contribution in [0.4, 0.5) is 0 Å². The van der Waals surface area contributed by atoms with E-state index < -0.39 is 0 Å². The van der Waals surface area contributed by atoms with Crippen molar-refractivity contribution in [3.8, 4) is 0 Å². The van der Waals surface area contributed by atoms with E-state index in [1.807, 2.05) is 0 Å². The molecule has 0 bridgehead atoms. The normalized spacial score (nSPS) is 37.5. The minimum Gasteiger partial charge on any atom is -0.0654 e. The smallest absolute Gasteiger partial charge is 0.0272 e. The van der Waals surface area contributed by atoms with Gasteiger partial charge in [0.15, 0.2) is 0 Å². The van der Waals surface area contributed by atoms with Crippen molar-refractivity contribution in [3.63, 3.8) is 0 Å². The first-order chi connectivity index (χ1) is 5.65. The SMILES string of the molecule is CCCC1CCC1(C)C(C)CC. The summed E-state index contributed by atoms with van der Waals surface area (Å²) >= 11 is 0. The topological polar surface area (TPSA) is 0 Å². The largest absolute Gasteiger partial charge is 0.0654 e. The van der Waals surface area contributed by atoms with Crippen molar-refractivity contribution in [1.29, 1.82) is 0 Å². The van der Waals surface area contributed by atoms with Gasteiger partial charge in [-0.2, -0.15) is 0 Å². The van der Waals surface area contributed by atoms with Crippen LogP contribution in [0.2, 0.25) is 0 Å². The highest BCUT2D eigenvalue weighted by molar-refractivity contribution is 4.94. The minimum absolute atomic E-state index is 0.699. The summed E-state index contributed by atoms with van der Waals surface area (Å²) in [6, 6.07) is 0. The van der Waals surface area contributed by atoms with Crippen LogP contribution in [0.1, 0.15) is 59.8 Å². The highest BCUT2D eigenvalue weighted by atomic mass is 14.5. The molecule has 0 aromatic carbocycles. The molecule has 0 nitrogen and oxygen atoms in total. The van der Waals surface area contributed by atoms with Gasteiger partial charge in [0.25, 0.3) is 0 Å². The van der Waals surface area contributed by atoms with Crippen LogP contribution in [-0.2, 0) is 0 Å². The third-order valence-electron chi connectivity index (χ3n) is 4.34. The van der Waals surface area contributed by atoms with Crippen molar-refractivity contribution >= 4 is 0 Å². The van der Waals surface area contributed by atoms with Gasteiger partial charge in [-0.1, -0.05) is 47.0 Å². The van der Waals surface area contributed by atoms with E-state index >= 15 is 0 Å². The Kier molecular flexibility index (Phi) is 3.20. The van der Waals surface area contributed by atoms with Crippen molar-refractivity contribution < 1.29 is 0 Å². The average molecular weight is 168 g/mol. The number of rotatable bonds is 4. The summed E-state index contributed by atoms with van der Waals surface area (Å²) in [6.07, 6.45) is 7.16. The fraction of sp³-hybridized carbons (Fsp3) is 1.00. The molecule has 3 unspecified atom stereocenters. The summed E-state index contributed by atoms with van der Waals surface area (Å²) in [5.41, 5.74) is 0.699. The summed E-state index contributed by atoms with van der Waals surface area (Å²) in [4.78, 5) is 0. The quantitative estimate of drug-likeness (QED) is 0.588. The van der Waals surface area contributed by atoms with E-state index in [1.54, 1.807) is 0 Å². The molecule has 1 aliphatic carbocycles. The second-order valence-electron chi connectivity index (χ2n) is 4.84. The second-order valence-corrected chi connectivity index (χ2v) is 4.84. The molecule has 1 fully saturated rings. The molecule has 0 spiro atoms. The average Bonchev–Trinajstić information content (AvgIpc) is 2.09. The summed E-state index contributed by atoms with van der Waals surface area (Å²) in [7, 11) is 0. The Bertz CT molecular complexity index is 139. The maximum Gasteiger partial charge on any atom is -0.0272 e. The Morgan fingerprint density at radius 2 is 2.08 bits per heavy atom. The van der Waals surface area contributed by atoms with Crippen molar-refractivity contribution in [2.45, 2.75) is 59.8 Å². The lowest BCUT2D eigenvalue weighted by Gasteiger charge is -2.51. The zero-order chi connectivity index (χ0) is 9.19. The van der Waals surface area contributed by atoms with Gasteiger partial charge >= 0.3 is 0 Å². The molecule has 0 heterocycles. The van der Waals surface area contributed by atoms with Crippen LogP contribution >= 0.6 is 0 Å². The summed E-state index contributed by atoms with van der Waals surface area (Å²) < 4.78 is 0. The zero-order valence-corrected chi connectivity index (χ0v) is 9.19. The molecule has 0 aromatic heterocycles. The zero-order valence-electron chi connectivity index (χ0n) is 9.19. The lowest BCUT2D eigenvalue weighted by molar-refractivity contribution is -0.0139. The Hall–Kier alpha value is 0. The van der Waals surface area contributed by atoms with Crippen LogP contribution < -0.4 is 0 Å². The van der Waals surface area contributed by atoms with Crippen LogP contribution in [-0.4, -0.2) is 0 Å². The summed E-state index contributed by atoms with van der Waals surface area (Å²) in [5, 5.41) is 0. The van der Waals surface area contributed by atoms with Gasteiger partial charge in [0.05, 0.1) is 0 Å². The summed E-state index contributed by atoms with van der Waals surface area (Å²) in [5.74, 6) is 1.97. The lowest BCUT2D eigenvalue weighted by atomic mass is 9.54. The lowest BCUT2D eigenvalue weighted by Crippen LogP contribution is -2.42. The van der Waals surface area contributed by atoms with Gasteiger partial charge in [-0.25, -0.2) is 0 Å². The number of hydrogen-bond acceptors (Lipinski definition) is 0. The van der Waals surface area contributed by atoms with Crippen LogP contribution in [0.3, 0.4) is 0 Å². The molecule has 0 amide bonds. The molecular weight excluding hydrogens is 144 g/mol. The Morgan fingerprint density at radius 1 is 1.42 bits per heavy atom. The van der Waals surface area contributed by atoms with Crippen molar-refractivity contribution in [2.75, 3.05) is 0 Å². The van der Waals surface area contributed by atoms with E-state index in [-0.39, 0.29) is 0 Å². The van der Waals surface area contributed by atoms with E-state index in [9.17, 15) is 0 Å². The fourth-order valence-corrected chi connectivity index (χ4v) is 2.74. The molecule has 1 aliphatic rings. The van der Waals surface area contributed by atoms with E-state index in [0.717, 1.165) is 11.8 Å². The molecule has 0 aromatic rings. The van der Waals surface area contributed by atoms with Gasteiger partial charge in [-0.15, -0.1) is 0 Å². The van der Waals surface area contributed by atoms with Gasteiger partial charge in [-0.05, 0) is 30.1 Å². The van der Waals surface area contributed by atoms with Gasteiger partial charge in [0.1, 0.15) is 0 Å². The van der Waals surface area contributed by atoms with E-state index in [4.69, 9.17) is 0 Å². The van der Waals surface area contributed by atoms with Gasteiger partial charge in [0.2, 0.25) is 0 Å². The Balaban J connectivity index is 2.48. The van der Waals surface area contributed by atoms with Crippen LogP contribution in [0.25, 0.3) is 0 Å². The van der Waals surface area contributed by atoms with Crippen LogP contribution in [0, 0.1) is 17.3 Å². The molecule has 0 aliphatic heterocycles. The van der Waals surface area contributed by atoms with E-state index in [0.29, 0.717) is 5.41 Å². The van der Waals surface area contributed by atoms with Crippen molar-refractivity contribution in [3.05, 3.63) is 0 Å². The number of hydrogen-bond donors (Lipinski definition) is 0. The van der Waals surface area contributed by atoms with E-state index in [2.05, 4.69) is 27.7 Å². The molecule has 1 saturated carbocycles. The predicted molar refractivity (Wildman–Crippen MR) is 55.2 cm³/mol. The second kappa shape index (κ2) is 3.81. The standard InChI is InChI=1S/C12H24/c1-5-7-11-8-9-12(11,4)10(3)6-2/h10-11H,5-9H2,1-4H3. The minimum atomic E-state index is 0.699. The molecule has 0 N–H and O–H groups in total. The first kappa shape index (κ1) is 10.1. The van der Waals surface area contributed by atoms with Gasteiger partial charge in [-0.3, -0.25) is 0 Å². The van der Waals surface area contributed by atoms with Gasteiger partial charge < -0.3 is 0 Å². The molecule has 12 heavy (non-hydrogen) atoms. The van der Waals surface area contributed by atoms with Crippen LogP contribution in [0.15, 0.2) is 0 Å². The fourth-order valence-electron chi connectivity index (χ4n) is 2.74. The van der Waals surface area contributed by atoms with E-state index in [1.165, 1.54) is 32.1 Å². The molecule has 1 rings (SSSR count). The highest BCUT2D eigenvalue weighted by Crippen LogP contribution is 2.54.